The van der Waals surface area contributed by atoms with Crippen molar-refractivity contribution in [1.82, 2.24) is 5.32 Å². The van der Waals surface area contributed by atoms with Gasteiger partial charge in [0.2, 0.25) is 0 Å². The summed E-state index contributed by atoms with van der Waals surface area (Å²) < 4.78 is 16.5. The zero-order chi connectivity index (χ0) is 11.9. The second-order valence-corrected chi connectivity index (χ2v) is 4.44. The van der Waals surface area contributed by atoms with Crippen LogP contribution in [0.3, 0.4) is 0 Å². The maximum atomic E-state index is 5.49. The lowest BCUT2D eigenvalue weighted by Gasteiger charge is -2.35. The Hall–Kier alpha value is -0.160. The molecule has 0 bridgehead atoms. The fraction of sp³-hybridized carbons (Fsp3) is 1.00. The zero-order valence-electron chi connectivity index (χ0n) is 10.8. The van der Waals surface area contributed by atoms with Gasteiger partial charge in [0, 0.05) is 31.9 Å². The van der Waals surface area contributed by atoms with Crippen LogP contribution in [0.1, 0.15) is 33.6 Å². The molecule has 0 aromatic heterocycles. The lowest BCUT2D eigenvalue weighted by atomic mass is 9.95. The monoisotopic (exact) mass is 231 g/mol. The quantitative estimate of drug-likeness (QED) is 0.675. The number of rotatable bonds is 7. The first-order chi connectivity index (χ1) is 7.70. The van der Waals surface area contributed by atoms with E-state index in [1.54, 1.807) is 0 Å². The minimum absolute atomic E-state index is 0.0741. The maximum Gasteiger partial charge on any atom is 0.169 e. The Bertz CT molecular complexity index is 175. The molecular weight excluding hydrogens is 206 g/mol. The Morgan fingerprint density at radius 3 is 2.50 bits per heavy atom. The minimum Gasteiger partial charge on any atom is -0.380 e. The molecular formula is C12H25NO3. The van der Waals surface area contributed by atoms with Gasteiger partial charge in [0.25, 0.3) is 0 Å². The van der Waals surface area contributed by atoms with Crippen LogP contribution in [0.2, 0.25) is 0 Å². The van der Waals surface area contributed by atoms with Crippen molar-refractivity contribution in [3.8, 4) is 0 Å². The molecule has 0 radical (unpaired) electrons. The molecule has 1 atom stereocenters. The van der Waals surface area contributed by atoms with Crippen molar-refractivity contribution in [1.29, 1.82) is 0 Å². The Balaban J connectivity index is 2.28. The van der Waals surface area contributed by atoms with Crippen LogP contribution in [0.15, 0.2) is 0 Å². The second-order valence-electron chi connectivity index (χ2n) is 4.44. The molecule has 1 aliphatic rings. The molecule has 0 amide bonds. The Morgan fingerprint density at radius 2 is 2.00 bits per heavy atom. The highest BCUT2D eigenvalue weighted by Gasteiger charge is 2.27. The summed E-state index contributed by atoms with van der Waals surface area (Å²) in [4.78, 5) is 0. The van der Waals surface area contributed by atoms with E-state index in [1.165, 1.54) is 0 Å². The number of hydrogen-bond donors (Lipinski definition) is 1. The summed E-state index contributed by atoms with van der Waals surface area (Å²) in [6.07, 6.45) is 2.13. The van der Waals surface area contributed by atoms with Gasteiger partial charge in [-0.1, -0.05) is 0 Å². The van der Waals surface area contributed by atoms with Crippen LogP contribution >= 0.6 is 0 Å². The van der Waals surface area contributed by atoms with Gasteiger partial charge in [0.15, 0.2) is 6.29 Å². The topological polar surface area (TPSA) is 39.7 Å². The minimum atomic E-state index is -0.145. The molecule has 1 N–H and O–H groups in total. The van der Waals surface area contributed by atoms with Gasteiger partial charge >= 0.3 is 0 Å². The van der Waals surface area contributed by atoms with Crippen molar-refractivity contribution in [2.75, 3.05) is 33.0 Å². The van der Waals surface area contributed by atoms with Gasteiger partial charge in [-0.15, -0.1) is 0 Å². The normalized spacial score (nSPS) is 26.2. The van der Waals surface area contributed by atoms with Crippen LogP contribution in [0.5, 0.6) is 0 Å². The molecule has 0 spiro atoms. The lowest BCUT2D eigenvalue weighted by molar-refractivity contribution is -0.137. The predicted molar refractivity (Wildman–Crippen MR) is 63.5 cm³/mol. The van der Waals surface area contributed by atoms with E-state index in [0.717, 1.165) is 32.6 Å². The first-order valence-corrected chi connectivity index (χ1v) is 6.26. The summed E-state index contributed by atoms with van der Waals surface area (Å²) >= 11 is 0. The van der Waals surface area contributed by atoms with Crippen LogP contribution in [-0.2, 0) is 14.2 Å². The summed E-state index contributed by atoms with van der Waals surface area (Å²) in [5.41, 5.74) is 0.0741. The molecule has 0 aromatic carbocycles. The molecule has 4 heteroatoms. The number of ether oxygens (including phenoxy) is 3. The summed E-state index contributed by atoms with van der Waals surface area (Å²) in [5, 5.41) is 3.49. The van der Waals surface area contributed by atoms with E-state index in [9.17, 15) is 0 Å². The fourth-order valence-corrected chi connectivity index (χ4v) is 1.94. The molecule has 1 aliphatic heterocycles. The fourth-order valence-electron chi connectivity index (χ4n) is 1.94. The Morgan fingerprint density at radius 1 is 1.31 bits per heavy atom. The van der Waals surface area contributed by atoms with E-state index >= 15 is 0 Å². The molecule has 4 nitrogen and oxygen atoms in total. The van der Waals surface area contributed by atoms with Crippen molar-refractivity contribution in [2.24, 2.45) is 0 Å². The second kappa shape index (κ2) is 7.22. The predicted octanol–water partition coefficient (Wildman–Crippen LogP) is 1.54. The lowest BCUT2D eigenvalue weighted by Crippen LogP contribution is -2.51. The number of hydrogen-bond acceptors (Lipinski definition) is 4. The largest absolute Gasteiger partial charge is 0.380 e. The molecule has 1 rings (SSSR count). The van der Waals surface area contributed by atoms with Gasteiger partial charge in [-0.3, -0.25) is 0 Å². The summed E-state index contributed by atoms with van der Waals surface area (Å²) in [5.74, 6) is 0. The van der Waals surface area contributed by atoms with Crippen molar-refractivity contribution in [3.63, 3.8) is 0 Å². The molecule has 1 saturated heterocycles. The first-order valence-electron chi connectivity index (χ1n) is 6.26. The molecule has 1 fully saturated rings. The summed E-state index contributed by atoms with van der Waals surface area (Å²) in [7, 11) is 0. The van der Waals surface area contributed by atoms with E-state index in [-0.39, 0.29) is 11.8 Å². The molecule has 0 aromatic rings. The SMILES string of the molecule is CCOC(CNC1(C)CCCOC1)OCC. The third-order valence-electron chi connectivity index (χ3n) is 2.84. The van der Waals surface area contributed by atoms with Crippen molar-refractivity contribution in [2.45, 2.75) is 45.4 Å². The molecule has 0 saturated carbocycles. The average molecular weight is 231 g/mol. The summed E-state index contributed by atoms with van der Waals surface area (Å²) in [6.45, 7) is 9.91. The van der Waals surface area contributed by atoms with Gasteiger partial charge in [-0.25, -0.2) is 0 Å². The van der Waals surface area contributed by atoms with Crippen LogP contribution in [0.4, 0.5) is 0 Å². The smallest absolute Gasteiger partial charge is 0.169 e. The molecule has 1 heterocycles. The number of nitrogens with one attached hydrogen (secondary N) is 1. The van der Waals surface area contributed by atoms with Gasteiger partial charge in [-0.2, -0.15) is 0 Å². The third-order valence-corrected chi connectivity index (χ3v) is 2.84. The van der Waals surface area contributed by atoms with Gasteiger partial charge in [0.1, 0.15) is 0 Å². The van der Waals surface area contributed by atoms with E-state index in [4.69, 9.17) is 14.2 Å². The van der Waals surface area contributed by atoms with Crippen LogP contribution in [0.25, 0.3) is 0 Å². The highest BCUT2D eigenvalue weighted by Crippen LogP contribution is 2.18. The van der Waals surface area contributed by atoms with Gasteiger partial charge in [0.05, 0.1) is 6.61 Å². The molecule has 96 valence electrons. The zero-order valence-corrected chi connectivity index (χ0v) is 10.8. The summed E-state index contributed by atoms with van der Waals surface area (Å²) in [6, 6.07) is 0. The van der Waals surface area contributed by atoms with Crippen LogP contribution in [0, 0.1) is 0 Å². The van der Waals surface area contributed by atoms with E-state index in [1.807, 2.05) is 13.8 Å². The average Bonchev–Trinajstić information content (AvgIpc) is 2.28. The van der Waals surface area contributed by atoms with E-state index < -0.39 is 0 Å². The van der Waals surface area contributed by atoms with Crippen LogP contribution < -0.4 is 5.32 Å². The molecule has 0 aliphatic carbocycles. The Kier molecular flexibility index (Phi) is 6.28. The Labute approximate surface area is 98.6 Å². The van der Waals surface area contributed by atoms with Crippen molar-refractivity contribution in [3.05, 3.63) is 0 Å². The van der Waals surface area contributed by atoms with E-state index in [2.05, 4.69) is 12.2 Å². The van der Waals surface area contributed by atoms with E-state index in [0.29, 0.717) is 13.2 Å². The van der Waals surface area contributed by atoms with Gasteiger partial charge in [-0.05, 0) is 33.6 Å². The molecule has 16 heavy (non-hydrogen) atoms. The van der Waals surface area contributed by atoms with Crippen LogP contribution in [-0.4, -0.2) is 44.8 Å². The van der Waals surface area contributed by atoms with Crippen molar-refractivity contribution < 1.29 is 14.2 Å². The third kappa shape index (κ3) is 4.78. The highest BCUT2D eigenvalue weighted by atomic mass is 16.7. The van der Waals surface area contributed by atoms with Crippen molar-refractivity contribution >= 4 is 0 Å². The standard InChI is InChI=1S/C12H25NO3/c1-4-15-11(16-5-2)9-13-12(3)7-6-8-14-10-12/h11,13H,4-10H2,1-3H3. The van der Waals surface area contributed by atoms with Gasteiger partial charge < -0.3 is 19.5 Å². The molecule has 1 unspecified atom stereocenters. The maximum absolute atomic E-state index is 5.49. The highest BCUT2D eigenvalue weighted by molar-refractivity contribution is 4.85. The first kappa shape index (κ1) is 13.9.